The van der Waals surface area contributed by atoms with Gasteiger partial charge < -0.3 is 5.32 Å². The molecule has 0 radical (unpaired) electrons. The van der Waals surface area contributed by atoms with Gasteiger partial charge in [-0.25, -0.2) is 0 Å². The Morgan fingerprint density at radius 2 is 2.06 bits per heavy atom. The molecule has 1 atom stereocenters. The molecular formula is C12H12Cl2N4. The van der Waals surface area contributed by atoms with Crippen LogP contribution in [0.5, 0.6) is 0 Å². The summed E-state index contributed by atoms with van der Waals surface area (Å²) in [4.78, 5) is 12.6. The molecule has 0 saturated heterocycles. The Kier molecular flexibility index (Phi) is 4.47. The van der Waals surface area contributed by atoms with Crippen molar-refractivity contribution in [3.63, 3.8) is 0 Å². The summed E-state index contributed by atoms with van der Waals surface area (Å²) >= 11 is 12.0. The minimum atomic E-state index is -0.187. The van der Waals surface area contributed by atoms with Gasteiger partial charge in [-0.15, -0.1) is 0 Å². The summed E-state index contributed by atoms with van der Waals surface area (Å²) in [6.07, 6.45) is 6.54. The lowest BCUT2D eigenvalue weighted by Gasteiger charge is -2.17. The zero-order valence-corrected chi connectivity index (χ0v) is 11.3. The third-order valence-electron chi connectivity index (χ3n) is 2.40. The van der Waals surface area contributed by atoms with Gasteiger partial charge in [0.2, 0.25) is 0 Å². The van der Waals surface area contributed by atoms with Crippen LogP contribution >= 0.6 is 23.2 Å². The molecule has 1 unspecified atom stereocenters. The highest BCUT2D eigenvalue weighted by molar-refractivity contribution is 6.34. The lowest BCUT2D eigenvalue weighted by Crippen LogP contribution is -2.24. The second-order valence-electron chi connectivity index (χ2n) is 3.64. The van der Waals surface area contributed by atoms with Gasteiger partial charge in [0.25, 0.3) is 0 Å². The Labute approximate surface area is 115 Å². The standard InChI is InChI=1S/C12H12Cl2N4/c1-2-16-12(10-7-15-3-4-17-10)11-9(14)5-8(13)6-18-11/h3-7,12,16H,2H2,1H3. The molecule has 6 heteroatoms. The SMILES string of the molecule is CCNC(c1cnccn1)c1ncc(Cl)cc1Cl. The summed E-state index contributed by atoms with van der Waals surface area (Å²) in [5.41, 5.74) is 1.47. The number of nitrogens with one attached hydrogen (secondary N) is 1. The van der Waals surface area contributed by atoms with Crippen molar-refractivity contribution in [2.45, 2.75) is 13.0 Å². The van der Waals surface area contributed by atoms with Crippen LogP contribution < -0.4 is 5.32 Å². The van der Waals surface area contributed by atoms with Crippen LogP contribution in [0.1, 0.15) is 24.4 Å². The van der Waals surface area contributed by atoms with Crippen LogP contribution in [0.25, 0.3) is 0 Å². The third-order valence-corrected chi connectivity index (χ3v) is 2.91. The van der Waals surface area contributed by atoms with Gasteiger partial charge in [0.1, 0.15) is 0 Å². The average molecular weight is 283 g/mol. The molecule has 0 amide bonds. The summed E-state index contributed by atoms with van der Waals surface area (Å²) in [6, 6.07) is 1.49. The first-order valence-electron chi connectivity index (χ1n) is 5.52. The van der Waals surface area contributed by atoms with Gasteiger partial charge in [0, 0.05) is 18.6 Å². The van der Waals surface area contributed by atoms with Crippen LogP contribution in [0.4, 0.5) is 0 Å². The maximum absolute atomic E-state index is 6.17. The van der Waals surface area contributed by atoms with Gasteiger partial charge in [-0.2, -0.15) is 0 Å². The highest BCUT2D eigenvalue weighted by Crippen LogP contribution is 2.26. The van der Waals surface area contributed by atoms with Crippen molar-refractivity contribution in [1.29, 1.82) is 0 Å². The van der Waals surface area contributed by atoms with E-state index in [2.05, 4.69) is 20.3 Å². The Bertz CT molecular complexity index is 519. The van der Waals surface area contributed by atoms with E-state index in [1.165, 1.54) is 0 Å². The van der Waals surface area contributed by atoms with Crippen molar-refractivity contribution >= 4 is 23.2 Å². The Hall–Kier alpha value is -1.23. The van der Waals surface area contributed by atoms with E-state index in [1.807, 2.05) is 6.92 Å². The molecule has 1 N–H and O–H groups in total. The topological polar surface area (TPSA) is 50.7 Å². The summed E-state index contributed by atoms with van der Waals surface area (Å²) < 4.78 is 0. The summed E-state index contributed by atoms with van der Waals surface area (Å²) in [7, 11) is 0. The molecule has 2 heterocycles. The number of hydrogen-bond acceptors (Lipinski definition) is 4. The van der Waals surface area contributed by atoms with Crippen molar-refractivity contribution < 1.29 is 0 Å². The van der Waals surface area contributed by atoms with Crippen molar-refractivity contribution in [3.05, 3.63) is 52.3 Å². The fourth-order valence-corrected chi connectivity index (χ4v) is 2.13. The van der Waals surface area contributed by atoms with Gasteiger partial charge in [-0.1, -0.05) is 30.1 Å². The van der Waals surface area contributed by atoms with E-state index in [0.29, 0.717) is 15.7 Å². The molecular weight excluding hydrogens is 271 g/mol. The molecule has 0 saturated carbocycles. The molecule has 94 valence electrons. The van der Waals surface area contributed by atoms with Crippen molar-refractivity contribution in [1.82, 2.24) is 20.3 Å². The number of aromatic nitrogens is 3. The van der Waals surface area contributed by atoms with E-state index >= 15 is 0 Å². The Morgan fingerprint density at radius 3 is 2.67 bits per heavy atom. The van der Waals surface area contributed by atoms with Gasteiger partial charge in [-0.05, 0) is 12.6 Å². The lowest BCUT2D eigenvalue weighted by atomic mass is 10.1. The first-order chi connectivity index (χ1) is 8.72. The number of hydrogen-bond donors (Lipinski definition) is 1. The normalized spacial score (nSPS) is 12.4. The summed E-state index contributed by atoms with van der Waals surface area (Å²) in [6.45, 7) is 2.77. The van der Waals surface area contributed by atoms with E-state index in [-0.39, 0.29) is 6.04 Å². The molecule has 0 bridgehead atoms. The zero-order valence-electron chi connectivity index (χ0n) is 9.77. The molecule has 4 nitrogen and oxygen atoms in total. The fraction of sp³-hybridized carbons (Fsp3) is 0.250. The monoisotopic (exact) mass is 282 g/mol. The van der Waals surface area contributed by atoms with Crippen LogP contribution in [-0.4, -0.2) is 21.5 Å². The van der Waals surface area contributed by atoms with Crippen molar-refractivity contribution in [3.8, 4) is 0 Å². The molecule has 0 aliphatic heterocycles. The molecule has 2 aromatic rings. The molecule has 0 aromatic carbocycles. The molecule has 2 aromatic heterocycles. The van der Waals surface area contributed by atoms with E-state index in [9.17, 15) is 0 Å². The van der Waals surface area contributed by atoms with Crippen LogP contribution in [0, 0.1) is 0 Å². The van der Waals surface area contributed by atoms with Crippen LogP contribution in [0.15, 0.2) is 30.9 Å². The quantitative estimate of drug-likeness (QED) is 0.937. The molecule has 0 aliphatic rings. The molecule has 0 aliphatic carbocycles. The first-order valence-corrected chi connectivity index (χ1v) is 6.28. The predicted octanol–water partition coefficient (Wildman–Crippen LogP) is 2.88. The van der Waals surface area contributed by atoms with Crippen molar-refractivity contribution in [2.75, 3.05) is 6.54 Å². The van der Waals surface area contributed by atoms with Crippen LogP contribution in [-0.2, 0) is 0 Å². The highest BCUT2D eigenvalue weighted by atomic mass is 35.5. The highest BCUT2D eigenvalue weighted by Gasteiger charge is 2.19. The van der Waals surface area contributed by atoms with E-state index < -0.39 is 0 Å². The fourth-order valence-electron chi connectivity index (χ4n) is 1.64. The van der Waals surface area contributed by atoms with Gasteiger partial charge in [0.15, 0.2) is 0 Å². The Morgan fingerprint density at radius 1 is 1.22 bits per heavy atom. The number of halogens is 2. The molecule has 0 spiro atoms. The van der Waals surface area contributed by atoms with Gasteiger partial charge in [-0.3, -0.25) is 15.0 Å². The first kappa shape index (κ1) is 13.2. The van der Waals surface area contributed by atoms with E-state index in [4.69, 9.17) is 23.2 Å². The maximum atomic E-state index is 6.17. The van der Waals surface area contributed by atoms with E-state index in [0.717, 1.165) is 12.2 Å². The second-order valence-corrected chi connectivity index (χ2v) is 4.49. The zero-order chi connectivity index (χ0) is 13.0. The van der Waals surface area contributed by atoms with Crippen LogP contribution in [0.2, 0.25) is 10.0 Å². The van der Waals surface area contributed by atoms with Gasteiger partial charge in [0.05, 0.1) is 33.7 Å². The predicted molar refractivity (Wildman–Crippen MR) is 71.8 cm³/mol. The summed E-state index contributed by atoms with van der Waals surface area (Å²) in [5.74, 6) is 0. The maximum Gasteiger partial charge on any atom is 0.0955 e. The Balaban J connectivity index is 2.41. The summed E-state index contributed by atoms with van der Waals surface area (Å²) in [5, 5.41) is 4.31. The van der Waals surface area contributed by atoms with Crippen molar-refractivity contribution in [2.24, 2.45) is 0 Å². The third kappa shape index (κ3) is 2.96. The van der Waals surface area contributed by atoms with Crippen LogP contribution in [0.3, 0.4) is 0 Å². The van der Waals surface area contributed by atoms with Gasteiger partial charge >= 0.3 is 0 Å². The second kappa shape index (κ2) is 6.09. The van der Waals surface area contributed by atoms with E-state index in [1.54, 1.807) is 30.9 Å². The molecule has 18 heavy (non-hydrogen) atoms. The molecule has 0 fully saturated rings. The number of rotatable bonds is 4. The largest absolute Gasteiger partial charge is 0.304 e. The lowest BCUT2D eigenvalue weighted by molar-refractivity contribution is 0.598. The molecule has 2 rings (SSSR count). The average Bonchev–Trinajstić information content (AvgIpc) is 2.38. The smallest absolute Gasteiger partial charge is 0.0955 e. The minimum absolute atomic E-state index is 0.187. The minimum Gasteiger partial charge on any atom is -0.304 e. The number of pyridine rings is 1. The number of nitrogens with zero attached hydrogens (tertiary/aromatic N) is 3.